The lowest BCUT2D eigenvalue weighted by Crippen LogP contribution is -2.52. The van der Waals surface area contributed by atoms with Crippen molar-refractivity contribution >= 4 is 21.8 Å². The van der Waals surface area contributed by atoms with Gasteiger partial charge in [-0.25, -0.2) is 0 Å². The molecule has 2 rings (SSSR count). The number of carbonyl (C=O) groups is 1. The molecule has 1 fully saturated rings. The Bertz CT molecular complexity index is 550. The van der Waals surface area contributed by atoms with Gasteiger partial charge in [0.25, 0.3) is 0 Å². The third-order valence-electron chi connectivity index (χ3n) is 4.61. The lowest BCUT2D eigenvalue weighted by molar-refractivity contribution is -0.137. The van der Waals surface area contributed by atoms with E-state index < -0.39 is 0 Å². The van der Waals surface area contributed by atoms with Gasteiger partial charge < -0.3 is 15.3 Å². The van der Waals surface area contributed by atoms with Crippen LogP contribution in [0.5, 0.6) is 0 Å². The molecule has 0 saturated carbocycles. The highest BCUT2D eigenvalue weighted by atomic mass is 79.9. The van der Waals surface area contributed by atoms with Gasteiger partial charge in [0.2, 0.25) is 5.91 Å². The molecule has 3 atom stereocenters. The molecule has 1 aliphatic heterocycles. The van der Waals surface area contributed by atoms with Crippen LogP contribution < -0.4 is 5.32 Å². The van der Waals surface area contributed by atoms with E-state index in [9.17, 15) is 9.90 Å². The van der Waals surface area contributed by atoms with Gasteiger partial charge in [0.05, 0.1) is 6.04 Å². The number of hydrogen-bond acceptors (Lipinski definition) is 3. The molecule has 1 aromatic carbocycles. The summed E-state index contributed by atoms with van der Waals surface area (Å²) < 4.78 is 1.02. The molecule has 0 radical (unpaired) electrons. The van der Waals surface area contributed by atoms with Gasteiger partial charge in [-0.2, -0.15) is 0 Å². The number of nitrogens with zero attached hydrogens (tertiary/aromatic N) is 1. The van der Waals surface area contributed by atoms with Crippen LogP contribution >= 0.6 is 15.9 Å². The zero-order valence-corrected chi connectivity index (χ0v) is 15.1. The molecule has 0 bridgehead atoms. The highest BCUT2D eigenvalue weighted by molar-refractivity contribution is 9.10. The molecular weight excluding hydrogens is 356 g/mol. The second-order valence-electron chi connectivity index (χ2n) is 5.98. The molecule has 5 heteroatoms. The molecule has 1 heterocycles. The van der Waals surface area contributed by atoms with Gasteiger partial charge in [0.1, 0.15) is 0 Å². The fourth-order valence-corrected chi connectivity index (χ4v) is 3.84. The Labute approximate surface area is 146 Å². The number of aliphatic hydroxyl groups excluding tert-OH is 1. The molecule has 1 amide bonds. The summed E-state index contributed by atoms with van der Waals surface area (Å²) in [6.45, 7) is 4.35. The average Bonchev–Trinajstić information content (AvgIpc) is 2.58. The van der Waals surface area contributed by atoms with Gasteiger partial charge in [0, 0.05) is 36.0 Å². The first-order valence-corrected chi connectivity index (χ1v) is 8.84. The van der Waals surface area contributed by atoms with Crippen LogP contribution in [0.2, 0.25) is 0 Å². The molecule has 126 valence electrons. The Morgan fingerprint density at radius 1 is 1.52 bits per heavy atom. The molecular formula is C18H25BrN2O2. The number of likely N-dealkylation sites (tertiary alicyclic amines) is 1. The van der Waals surface area contributed by atoms with Crippen LogP contribution in [-0.4, -0.2) is 42.2 Å². The van der Waals surface area contributed by atoms with Crippen molar-refractivity contribution < 1.29 is 9.90 Å². The highest BCUT2D eigenvalue weighted by Gasteiger charge is 2.37. The van der Waals surface area contributed by atoms with Gasteiger partial charge in [-0.05, 0) is 31.5 Å². The summed E-state index contributed by atoms with van der Waals surface area (Å²) in [4.78, 5) is 14.6. The molecule has 4 nitrogen and oxygen atoms in total. The van der Waals surface area contributed by atoms with Gasteiger partial charge in [-0.3, -0.25) is 4.79 Å². The van der Waals surface area contributed by atoms with Gasteiger partial charge >= 0.3 is 0 Å². The summed E-state index contributed by atoms with van der Waals surface area (Å²) in [7, 11) is 1.92. The third kappa shape index (κ3) is 4.22. The lowest BCUT2D eigenvalue weighted by Gasteiger charge is -2.44. The van der Waals surface area contributed by atoms with Crippen LogP contribution in [0.1, 0.15) is 30.9 Å². The van der Waals surface area contributed by atoms with E-state index in [2.05, 4.69) is 33.9 Å². The fourth-order valence-electron chi connectivity index (χ4n) is 3.29. The lowest BCUT2D eigenvalue weighted by atomic mass is 9.84. The summed E-state index contributed by atoms with van der Waals surface area (Å²) in [5.74, 6) is 0.185. The largest absolute Gasteiger partial charge is 0.396 e. The minimum absolute atomic E-state index is 0.0168. The van der Waals surface area contributed by atoms with Gasteiger partial charge in [-0.1, -0.05) is 40.2 Å². The van der Waals surface area contributed by atoms with Crippen LogP contribution in [0, 0.1) is 5.92 Å². The summed E-state index contributed by atoms with van der Waals surface area (Å²) in [6.07, 6.45) is 3.71. The predicted octanol–water partition coefficient (Wildman–Crippen LogP) is 2.89. The minimum atomic E-state index is 0.0168. The van der Waals surface area contributed by atoms with E-state index >= 15 is 0 Å². The number of hydrogen-bond donors (Lipinski definition) is 2. The first-order chi connectivity index (χ1) is 11.1. The molecule has 0 aromatic heterocycles. The fraction of sp³-hybridized carbons (Fsp3) is 0.500. The maximum absolute atomic E-state index is 12.7. The number of nitrogens with one attached hydrogen (secondary N) is 1. The number of aliphatic hydroxyl groups is 1. The predicted molar refractivity (Wildman–Crippen MR) is 96.1 cm³/mol. The molecule has 0 aliphatic carbocycles. The number of piperidine rings is 1. The summed E-state index contributed by atoms with van der Waals surface area (Å²) in [6, 6.07) is 8.26. The van der Waals surface area contributed by atoms with E-state index in [4.69, 9.17) is 0 Å². The summed E-state index contributed by atoms with van der Waals surface area (Å²) in [5.41, 5.74) is 1.12. The molecule has 23 heavy (non-hydrogen) atoms. The van der Waals surface area contributed by atoms with Crippen molar-refractivity contribution in [3.63, 3.8) is 0 Å². The van der Waals surface area contributed by atoms with Crippen molar-refractivity contribution in [1.82, 2.24) is 10.2 Å². The second-order valence-corrected chi connectivity index (χ2v) is 6.84. The molecule has 0 unspecified atom stereocenters. The van der Waals surface area contributed by atoms with Crippen LogP contribution in [0.3, 0.4) is 0 Å². The van der Waals surface area contributed by atoms with Crippen molar-refractivity contribution in [2.45, 2.75) is 31.3 Å². The number of benzene rings is 1. The topological polar surface area (TPSA) is 52.6 Å². The van der Waals surface area contributed by atoms with Crippen LogP contribution in [0.4, 0.5) is 0 Å². The van der Waals surface area contributed by atoms with Crippen molar-refractivity contribution in [1.29, 1.82) is 0 Å². The zero-order valence-electron chi connectivity index (χ0n) is 13.5. The first-order valence-electron chi connectivity index (χ1n) is 8.05. The molecule has 1 aliphatic rings. The number of halogens is 1. The minimum Gasteiger partial charge on any atom is -0.396 e. The SMILES string of the molecule is C=CCCC(=O)N1C[C@@H](CO)[C@@H](NC)C[C@H]1c1ccccc1Br. The van der Waals surface area contributed by atoms with E-state index in [0.29, 0.717) is 19.4 Å². The van der Waals surface area contributed by atoms with Crippen molar-refractivity contribution in [2.75, 3.05) is 20.2 Å². The Hall–Kier alpha value is -1.17. The monoisotopic (exact) mass is 380 g/mol. The van der Waals surface area contributed by atoms with Crippen molar-refractivity contribution in [2.24, 2.45) is 5.92 Å². The number of allylic oxidation sites excluding steroid dienone is 1. The summed E-state index contributed by atoms with van der Waals surface area (Å²) in [5, 5.41) is 13.0. The number of rotatable bonds is 6. The van der Waals surface area contributed by atoms with Gasteiger partial charge in [-0.15, -0.1) is 6.58 Å². The second kappa shape index (κ2) is 8.62. The Kier molecular flexibility index (Phi) is 6.81. The van der Waals surface area contributed by atoms with E-state index in [1.54, 1.807) is 6.08 Å². The average molecular weight is 381 g/mol. The Morgan fingerprint density at radius 3 is 2.87 bits per heavy atom. The third-order valence-corrected chi connectivity index (χ3v) is 5.33. The van der Waals surface area contributed by atoms with Gasteiger partial charge in [0.15, 0.2) is 0 Å². The maximum Gasteiger partial charge on any atom is 0.223 e. The Morgan fingerprint density at radius 2 is 2.26 bits per heavy atom. The normalized spacial score (nSPS) is 24.5. The standard InChI is InChI=1S/C18H25BrN2O2/c1-3-4-9-18(23)21-11-13(12-22)16(20-2)10-17(21)14-7-5-6-8-15(14)19/h3,5-8,13,16-17,20,22H,1,4,9-12H2,2H3/t13-,16-,17-/m0/s1. The van der Waals surface area contributed by atoms with E-state index in [1.165, 1.54) is 0 Å². The summed E-state index contributed by atoms with van der Waals surface area (Å²) >= 11 is 3.61. The van der Waals surface area contributed by atoms with E-state index in [1.807, 2.05) is 30.1 Å². The van der Waals surface area contributed by atoms with Crippen LogP contribution in [0.15, 0.2) is 41.4 Å². The van der Waals surface area contributed by atoms with Crippen LogP contribution in [0.25, 0.3) is 0 Å². The number of amides is 1. The molecule has 1 aromatic rings. The van der Waals surface area contributed by atoms with E-state index in [-0.39, 0.29) is 30.5 Å². The van der Waals surface area contributed by atoms with Crippen molar-refractivity contribution in [3.05, 3.63) is 47.0 Å². The molecule has 0 spiro atoms. The smallest absolute Gasteiger partial charge is 0.223 e. The Balaban J connectivity index is 2.31. The molecule has 1 saturated heterocycles. The first kappa shape index (κ1) is 18.2. The maximum atomic E-state index is 12.7. The van der Waals surface area contributed by atoms with Crippen molar-refractivity contribution in [3.8, 4) is 0 Å². The molecule has 2 N–H and O–H groups in total. The zero-order chi connectivity index (χ0) is 16.8. The quantitative estimate of drug-likeness (QED) is 0.746. The highest BCUT2D eigenvalue weighted by Crippen LogP contribution is 2.37. The van der Waals surface area contributed by atoms with Crippen LogP contribution in [-0.2, 0) is 4.79 Å². The van der Waals surface area contributed by atoms with E-state index in [0.717, 1.165) is 16.5 Å². The number of carbonyl (C=O) groups excluding carboxylic acids is 1.